The summed E-state index contributed by atoms with van der Waals surface area (Å²) in [6.07, 6.45) is 2.62. The molecule has 0 spiro atoms. The molecule has 0 aliphatic carbocycles. The van der Waals surface area contributed by atoms with Gasteiger partial charge in [-0.25, -0.2) is 0 Å². The van der Waals surface area contributed by atoms with Crippen LogP contribution in [0.15, 0.2) is 24.3 Å². The zero-order chi connectivity index (χ0) is 15.2. The number of nitrogens with zero attached hydrogens (tertiary/aromatic N) is 1. The molecule has 3 N–H and O–H groups in total. The highest BCUT2D eigenvalue weighted by Gasteiger charge is 2.18. The average molecular weight is 300 g/mol. The van der Waals surface area contributed by atoms with Gasteiger partial charge in [-0.15, -0.1) is 0 Å². The molecule has 0 unspecified atom stereocenters. The number of nitrogens with two attached hydrogens (primary N) is 1. The molecule has 1 aliphatic rings. The van der Waals surface area contributed by atoms with E-state index in [0.29, 0.717) is 5.92 Å². The van der Waals surface area contributed by atoms with Crippen LogP contribution < -0.4 is 5.73 Å². The Bertz CT molecular complexity index is 500. The van der Waals surface area contributed by atoms with Crippen molar-refractivity contribution in [2.45, 2.75) is 25.7 Å². The number of rotatable bonds is 2. The lowest BCUT2D eigenvalue weighted by Crippen LogP contribution is -2.30. The molecule has 1 heterocycles. The van der Waals surface area contributed by atoms with Gasteiger partial charge in [0.05, 0.1) is 5.75 Å². The Morgan fingerprint density at radius 2 is 1.90 bits per heavy atom. The van der Waals surface area contributed by atoms with Crippen LogP contribution in [-0.2, 0) is 10.1 Å². The third-order valence-corrected chi connectivity index (χ3v) is 4.13. The van der Waals surface area contributed by atoms with Crippen LogP contribution in [-0.4, -0.2) is 43.8 Å². The van der Waals surface area contributed by atoms with Gasteiger partial charge in [0.1, 0.15) is 0 Å². The molecule has 1 aliphatic heterocycles. The Labute approximate surface area is 121 Å². The maximum atomic E-state index is 9.56. The monoisotopic (exact) mass is 300 g/mol. The van der Waals surface area contributed by atoms with E-state index in [2.05, 4.69) is 24.1 Å². The van der Waals surface area contributed by atoms with Crippen LogP contribution in [0, 0.1) is 0 Å². The molecule has 1 atom stereocenters. The van der Waals surface area contributed by atoms with Gasteiger partial charge in [0, 0.05) is 12.2 Å². The summed E-state index contributed by atoms with van der Waals surface area (Å²) >= 11 is 0. The summed E-state index contributed by atoms with van der Waals surface area (Å²) < 4.78 is 26.9. The lowest BCUT2D eigenvalue weighted by atomic mass is 9.91. The van der Waals surface area contributed by atoms with Crippen molar-refractivity contribution in [1.29, 1.82) is 0 Å². The van der Waals surface area contributed by atoms with Crippen molar-refractivity contribution in [1.82, 2.24) is 4.90 Å². The third-order valence-electron chi connectivity index (χ3n) is 3.40. The van der Waals surface area contributed by atoms with E-state index in [1.165, 1.54) is 38.4 Å². The summed E-state index contributed by atoms with van der Waals surface area (Å²) in [4.78, 5) is 2.41. The van der Waals surface area contributed by atoms with Gasteiger partial charge in [0.15, 0.2) is 0 Å². The predicted molar refractivity (Wildman–Crippen MR) is 82.4 cm³/mol. The number of piperidine rings is 1. The average Bonchev–Trinajstić information content (AvgIpc) is 2.39. The van der Waals surface area contributed by atoms with Crippen LogP contribution in [0.1, 0.15) is 31.2 Å². The Kier molecular flexibility index (Phi) is 6.45. The molecule has 1 saturated heterocycles. The largest absolute Gasteiger partial charge is 0.399 e. The molecule has 1 aromatic rings. The number of hydrogen-bond donors (Lipinski definition) is 2. The maximum absolute atomic E-state index is 9.56. The Balaban J connectivity index is 0.000000286. The molecule has 0 amide bonds. The van der Waals surface area contributed by atoms with Crippen molar-refractivity contribution in [3.8, 4) is 0 Å². The molecule has 114 valence electrons. The first-order valence-corrected chi connectivity index (χ1v) is 8.42. The number of likely N-dealkylation sites (N-methyl/N-ethyl adjacent to an activating group) is 1. The first-order chi connectivity index (χ1) is 9.31. The van der Waals surface area contributed by atoms with Crippen LogP contribution in [0.3, 0.4) is 0 Å². The zero-order valence-corrected chi connectivity index (χ0v) is 12.9. The molecule has 2 rings (SSSR count). The lowest BCUT2D eigenvalue weighted by Gasteiger charge is -2.29. The number of benzene rings is 1. The topological polar surface area (TPSA) is 83.6 Å². The van der Waals surface area contributed by atoms with Gasteiger partial charge in [-0.2, -0.15) is 8.42 Å². The lowest BCUT2D eigenvalue weighted by molar-refractivity contribution is 0.251. The molecule has 6 heteroatoms. The standard InChI is InChI=1S/C12H18N2.C2H6O3S/c1-14-8-2-3-11(9-14)10-4-6-12(13)7-5-10;1-2-6(3,4)5/h4-7,11H,2-3,8-9,13H2,1H3;2H2,1H3,(H,3,4,5)/t11-;/m1./s1. The van der Waals surface area contributed by atoms with Crippen LogP contribution >= 0.6 is 0 Å². The summed E-state index contributed by atoms with van der Waals surface area (Å²) in [5, 5.41) is 0. The van der Waals surface area contributed by atoms with E-state index < -0.39 is 10.1 Å². The predicted octanol–water partition coefficient (Wildman–Crippen LogP) is 1.97. The highest BCUT2D eigenvalue weighted by molar-refractivity contribution is 7.85. The minimum atomic E-state index is -3.66. The van der Waals surface area contributed by atoms with E-state index >= 15 is 0 Å². The summed E-state index contributed by atoms with van der Waals surface area (Å²) in [5.41, 5.74) is 7.97. The van der Waals surface area contributed by atoms with Crippen LogP contribution in [0.2, 0.25) is 0 Å². The van der Waals surface area contributed by atoms with Gasteiger partial charge >= 0.3 is 0 Å². The molecule has 20 heavy (non-hydrogen) atoms. The minimum absolute atomic E-state index is 0.201. The van der Waals surface area contributed by atoms with E-state index in [1.807, 2.05) is 12.1 Å². The molecule has 0 bridgehead atoms. The normalized spacial score (nSPS) is 20.1. The second kappa shape index (κ2) is 7.61. The summed E-state index contributed by atoms with van der Waals surface area (Å²) in [5.74, 6) is 0.502. The zero-order valence-electron chi connectivity index (χ0n) is 12.1. The van der Waals surface area contributed by atoms with Crippen molar-refractivity contribution in [2.24, 2.45) is 0 Å². The van der Waals surface area contributed by atoms with Crippen molar-refractivity contribution < 1.29 is 13.0 Å². The highest BCUT2D eigenvalue weighted by Crippen LogP contribution is 2.26. The van der Waals surface area contributed by atoms with Crippen LogP contribution in [0.25, 0.3) is 0 Å². The number of nitrogen functional groups attached to an aromatic ring is 1. The van der Waals surface area contributed by atoms with E-state index in [1.54, 1.807) is 0 Å². The fraction of sp³-hybridized carbons (Fsp3) is 0.571. The Morgan fingerprint density at radius 1 is 1.35 bits per heavy atom. The minimum Gasteiger partial charge on any atom is -0.399 e. The second-order valence-electron chi connectivity index (χ2n) is 5.14. The van der Waals surface area contributed by atoms with Crippen molar-refractivity contribution in [3.63, 3.8) is 0 Å². The SMILES string of the molecule is CCS(=O)(=O)O.CN1CCC[C@@H](c2ccc(N)cc2)C1. The molecular formula is C14H24N2O3S. The first-order valence-electron chi connectivity index (χ1n) is 6.81. The van der Waals surface area contributed by atoms with Crippen LogP contribution in [0.5, 0.6) is 0 Å². The van der Waals surface area contributed by atoms with Crippen LogP contribution in [0.4, 0.5) is 5.69 Å². The summed E-state index contributed by atoms with van der Waals surface area (Å²) in [6, 6.07) is 8.34. The number of anilines is 1. The molecule has 5 nitrogen and oxygen atoms in total. The highest BCUT2D eigenvalue weighted by atomic mass is 32.2. The smallest absolute Gasteiger partial charge is 0.264 e. The van der Waals surface area contributed by atoms with Crippen molar-refractivity contribution in [2.75, 3.05) is 31.6 Å². The van der Waals surface area contributed by atoms with Crippen molar-refractivity contribution in [3.05, 3.63) is 29.8 Å². The van der Waals surface area contributed by atoms with Gasteiger partial charge < -0.3 is 10.6 Å². The molecule has 1 aromatic carbocycles. The molecule has 1 fully saturated rings. The fourth-order valence-electron chi connectivity index (χ4n) is 2.21. The van der Waals surface area contributed by atoms with Crippen molar-refractivity contribution >= 4 is 15.8 Å². The van der Waals surface area contributed by atoms with Gasteiger partial charge in [-0.1, -0.05) is 12.1 Å². The quantitative estimate of drug-likeness (QED) is 0.644. The van der Waals surface area contributed by atoms with Gasteiger partial charge in [0.25, 0.3) is 10.1 Å². The van der Waals surface area contributed by atoms with Gasteiger partial charge in [-0.05, 0) is 57.0 Å². The molecular weight excluding hydrogens is 276 g/mol. The molecule has 0 saturated carbocycles. The maximum Gasteiger partial charge on any atom is 0.264 e. The van der Waals surface area contributed by atoms with Gasteiger partial charge in [-0.3, -0.25) is 4.55 Å². The second-order valence-corrected chi connectivity index (χ2v) is 6.88. The van der Waals surface area contributed by atoms with E-state index in [0.717, 1.165) is 5.69 Å². The number of hydrogen-bond acceptors (Lipinski definition) is 4. The molecule has 0 aromatic heterocycles. The van der Waals surface area contributed by atoms with E-state index in [9.17, 15) is 8.42 Å². The molecule has 0 radical (unpaired) electrons. The first kappa shape index (κ1) is 16.9. The fourth-order valence-corrected chi connectivity index (χ4v) is 2.21. The van der Waals surface area contributed by atoms with Gasteiger partial charge in [0.2, 0.25) is 0 Å². The summed E-state index contributed by atoms with van der Waals surface area (Å²) in [7, 11) is -1.46. The number of likely N-dealkylation sites (tertiary alicyclic amines) is 1. The van der Waals surface area contributed by atoms with E-state index in [-0.39, 0.29) is 5.75 Å². The Hall–Kier alpha value is -1.11. The summed E-state index contributed by atoms with van der Waals surface area (Å²) in [6.45, 7) is 3.80. The third kappa shape index (κ3) is 6.36. The Morgan fingerprint density at radius 3 is 2.35 bits per heavy atom. The van der Waals surface area contributed by atoms with E-state index in [4.69, 9.17) is 10.3 Å².